The van der Waals surface area contributed by atoms with Crippen LogP contribution in [0.4, 0.5) is 0 Å². The Labute approximate surface area is 446 Å². The SMILES string of the molecule is C1CCCCC1.C1CCCCC1.C1CCCCC1.C1CCCCC1.CC.CC.CC.CC.CCC.CCC.CCC.CCC.CCC(C)(C)C.CCC(C)(C)C.CCC(C)(C)C.CCC(C)(C)C. The molecule has 0 heterocycles. The van der Waals surface area contributed by atoms with E-state index in [1.807, 2.05) is 55.4 Å². The van der Waals surface area contributed by atoms with Crippen molar-refractivity contribution in [3.05, 3.63) is 0 Å². The fourth-order valence-corrected chi connectivity index (χ4v) is 4.24. The topological polar surface area (TPSA) is 0 Å². The molecule has 4 fully saturated rings. The lowest BCUT2D eigenvalue weighted by Gasteiger charge is -2.12. The summed E-state index contributed by atoms with van der Waals surface area (Å²) in [4.78, 5) is 0. The predicted octanol–water partition coefficient (Wildman–Crippen LogP) is 28.9. The van der Waals surface area contributed by atoms with E-state index in [1.165, 1.54) is 205 Å². The Kier molecular flexibility index (Phi) is 133. The van der Waals surface area contributed by atoms with Gasteiger partial charge in [-0.25, -0.2) is 0 Å². The molecule has 432 valence electrons. The van der Waals surface area contributed by atoms with Gasteiger partial charge < -0.3 is 0 Å². The Morgan fingerprint density at radius 1 is 0.162 bits per heavy atom. The summed E-state index contributed by atoms with van der Waals surface area (Å²) in [5.41, 5.74) is 2.17. The van der Waals surface area contributed by atoms with Crippen LogP contribution in [0.25, 0.3) is 0 Å². The molecule has 0 atom stereocenters. The first-order chi connectivity index (χ1) is 31.9. The minimum Gasteiger partial charge on any atom is -0.0683 e. The number of rotatable bonds is 0. The van der Waals surface area contributed by atoms with Crippen LogP contribution >= 0.6 is 0 Å². The highest BCUT2D eigenvalue weighted by Crippen LogP contribution is 2.19. The molecule has 68 heavy (non-hydrogen) atoms. The van der Waals surface area contributed by atoms with Gasteiger partial charge in [-0.3, -0.25) is 0 Å². The molecule has 0 unspecified atom stereocenters. The van der Waals surface area contributed by atoms with Crippen LogP contribution in [-0.4, -0.2) is 0 Å². The van der Waals surface area contributed by atoms with Crippen LogP contribution in [0.15, 0.2) is 0 Å². The Balaban J connectivity index is -0.0000000500. The van der Waals surface area contributed by atoms with Crippen LogP contribution < -0.4 is 0 Å². The van der Waals surface area contributed by atoms with Gasteiger partial charge in [-0.1, -0.05) is 427 Å². The maximum atomic E-state index is 2.24. The second-order valence-electron chi connectivity index (χ2n) is 23.0. The zero-order valence-electron chi connectivity index (χ0n) is 56.6. The van der Waals surface area contributed by atoms with Crippen LogP contribution in [0, 0.1) is 21.7 Å². The van der Waals surface area contributed by atoms with Gasteiger partial charge in [0.2, 0.25) is 0 Å². The smallest absolute Gasteiger partial charge is 0.0385 e. The van der Waals surface area contributed by atoms with E-state index in [2.05, 4.69) is 166 Å². The molecule has 0 bridgehead atoms. The van der Waals surface area contributed by atoms with Gasteiger partial charge in [-0.05, 0) is 21.7 Å². The number of hydrogen-bond acceptors (Lipinski definition) is 0. The Morgan fingerprint density at radius 2 is 0.191 bits per heavy atom. The van der Waals surface area contributed by atoms with E-state index in [1.54, 1.807) is 0 Å². The molecule has 4 aliphatic rings. The maximum Gasteiger partial charge on any atom is -0.0385 e. The van der Waals surface area contributed by atoms with Crippen molar-refractivity contribution in [1.82, 2.24) is 0 Å². The maximum absolute atomic E-state index is 2.24. The van der Waals surface area contributed by atoms with E-state index in [0.717, 1.165) is 0 Å². The molecule has 0 aromatic carbocycles. The van der Waals surface area contributed by atoms with Gasteiger partial charge >= 0.3 is 0 Å². The molecule has 0 radical (unpaired) electrons. The van der Waals surface area contributed by atoms with Crippen molar-refractivity contribution in [3.63, 3.8) is 0 Å². The summed E-state index contributed by atoms with van der Waals surface area (Å²) >= 11 is 0. The summed E-state index contributed by atoms with van der Waals surface area (Å²) in [6.45, 7) is 68.8. The monoisotopic (exact) mass is 977 g/mol. The first kappa shape index (κ1) is 97.3. The van der Waals surface area contributed by atoms with E-state index in [4.69, 9.17) is 0 Å². The molecule has 0 saturated heterocycles. The van der Waals surface area contributed by atoms with Crippen molar-refractivity contribution in [2.45, 2.75) is 427 Å². The van der Waals surface area contributed by atoms with Crippen LogP contribution in [-0.2, 0) is 0 Å². The van der Waals surface area contributed by atoms with E-state index >= 15 is 0 Å². The van der Waals surface area contributed by atoms with Crippen molar-refractivity contribution in [2.75, 3.05) is 0 Å². The molecule has 4 saturated carbocycles. The molecule has 0 nitrogen and oxygen atoms in total. The Bertz CT molecular complexity index is 438. The van der Waals surface area contributed by atoms with Crippen LogP contribution in [0.5, 0.6) is 0 Å². The summed E-state index contributed by atoms with van der Waals surface area (Å²) in [5, 5.41) is 0. The van der Waals surface area contributed by atoms with Crippen molar-refractivity contribution in [3.8, 4) is 0 Å². The Hall–Kier alpha value is 0. The molecule has 0 N–H and O–H groups in total. The third-order valence-corrected chi connectivity index (χ3v) is 10.2. The molecule has 0 spiro atoms. The average molecular weight is 978 g/mol. The van der Waals surface area contributed by atoms with E-state index in [-0.39, 0.29) is 0 Å². The highest BCUT2D eigenvalue weighted by Gasteiger charge is 2.05. The van der Waals surface area contributed by atoms with Crippen molar-refractivity contribution < 1.29 is 0 Å². The first-order valence-corrected chi connectivity index (χ1v) is 31.9. The normalized spacial score (nSPS) is 14.1. The largest absolute Gasteiger partial charge is 0.0683 e. The lowest BCUT2D eigenvalue weighted by atomic mass is 9.94. The van der Waals surface area contributed by atoms with E-state index in [9.17, 15) is 0 Å². The van der Waals surface area contributed by atoms with Crippen molar-refractivity contribution in [2.24, 2.45) is 21.7 Å². The molecule has 0 heteroatoms. The lowest BCUT2D eigenvalue weighted by Crippen LogP contribution is -2.00. The quantitative estimate of drug-likeness (QED) is 0.227. The zero-order valence-corrected chi connectivity index (χ0v) is 56.6. The van der Waals surface area contributed by atoms with Gasteiger partial charge in [0.15, 0.2) is 0 Å². The summed E-state index contributed by atoms with van der Waals surface area (Å²) < 4.78 is 0. The average Bonchev–Trinajstić information content (AvgIpc) is 3.35. The van der Waals surface area contributed by atoms with Gasteiger partial charge in [0.25, 0.3) is 0 Å². The molecule has 0 aliphatic heterocycles. The van der Waals surface area contributed by atoms with E-state index < -0.39 is 0 Å². The molecular formula is C68H160. The second-order valence-corrected chi connectivity index (χ2v) is 23.0. The minimum atomic E-state index is 0.542. The third kappa shape index (κ3) is 215. The van der Waals surface area contributed by atoms with Crippen LogP contribution in [0.2, 0.25) is 0 Å². The van der Waals surface area contributed by atoms with Gasteiger partial charge in [0, 0.05) is 0 Å². The van der Waals surface area contributed by atoms with Gasteiger partial charge in [-0.2, -0.15) is 0 Å². The van der Waals surface area contributed by atoms with Crippen LogP contribution in [0.1, 0.15) is 427 Å². The molecule has 4 rings (SSSR count). The summed E-state index contributed by atoms with van der Waals surface area (Å²) in [7, 11) is 0. The summed E-state index contributed by atoms with van der Waals surface area (Å²) in [5.74, 6) is 0. The summed E-state index contributed by atoms with van der Waals surface area (Å²) in [6, 6.07) is 0. The van der Waals surface area contributed by atoms with Gasteiger partial charge in [-0.15, -0.1) is 0 Å². The van der Waals surface area contributed by atoms with Gasteiger partial charge in [0.1, 0.15) is 0 Å². The highest BCUT2D eigenvalue weighted by molar-refractivity contribution is 4.57. The van der Waals surface area contributed by atoms with E-state index in [0.29, 0.717) is 21.7 Å². The Morgan fingerprint density at radius 3 is 0.206 bits per heavy atom. The zero-order chi connectivity index (χ0) is 56.6. The lowest BCUT2D eigenvalue weighted by molar-refractivity contribution is 0.397. The second kappa shape index (κ2) is 93.1. The minimum absolute atomic E-state index is 0.542. The molecular weight excluding hydrogens is 817 g/mol. The van der Waals surface area contributed by atoms with Crippen molar-refractivity contribution in [1.29, 1.82) is 0 Å². The predicted molar refractivity (Wildman–Crippen MR) is 339 cm³/mol. The highest BCUT2D eigenvalue weighted by atomic mass is 14.1. The fraction of sp³-hybridized carbons (Fsp3) is 1.00. The molecule has 0 aromatic heterocycles. The molecule has 4 aliphatic carbocycles. The number of hydrogen-bond donors (Lipinski definition) is 0. The molecule has 0 aromatic rings. The van der Waals surface area contributed by atoms with Crippen molar-refractivity contribution >= 4 is 0 Å². The standard InChI is InChI=1S/4C6H12.4C6H14.4C3H8.4C2H6/c4*1-2-4-6-5-3-1;4*1-5-6(2,3)4;4*1-3-2;4*1-2/h4*1-6H2;4*5H2,1-4H3;4*3H2,1-2H3;4*1-2H3. The fourth-order valence-electron chi connectivity index (χ4n) is 4.24. The molecule has 0 amide bonds. The first-order valence-electron chi connectivity index (χ1n) is 31.9. The van der Waals surface area contributed by atoms with Gasteiger partial charge in [0.05, 0.1) is 0 Å². The summed E-state index contributed by atoms with van der Waals surface area (Å²) in [6.07, 6.45) is 46.1. The third-order valence-electron chi connectivity index (χ3n) is 10.2. The van der Waals surface area contributed by atoms with Crippen LogP contribution in [0.3, 0.4) is 0 Å².